The number of hydrogen-bond acceptors (Lipinski definition) is 16. The maximum Gasteiger partial charge on any atom is 0.533 e. The molecule has 13 atom stereocenters. The Balaban J connectivity index is 0.000000206. The van der Waals surface area contributed by atoms with E-state index in [2.05, 4.69) is 40.2 Å². The SMILES string of the molecule is CC(=O)C(C)CCCCNC(=O)CCCCCCC(=O)CCC(O)OC1CCC2C3Cc4ccc(O)c5c4C2(CCN3C)C1O5.CC(=O)C(C)CCCCNC(=O)CCCCCNOC(=O)Oc1ccc2c3c1OC1C(O)CCC4C(CCCC341)C2. The zero-order valence-electron chi connectivity index (χ0n) is 52.1. The van der Waals surface area contributed by atoms with Crippen LogP contribution in [0.2, 0.25) is 0 Å². The standard InChI is InChI=1S/C36H54N2O7.C32H46N2O7/c1-23(24(2)39)10-8-9-20-37-31(42)12-7-5-4-6-11-26(40)14-18-32(43)44-30-17-15-27-28-22-25-13-16-29(41)34-33(25)36(27,35(30)45-34)19-21-38(28)3;1-20(21(2)35)9-5-7-17-33-27(37)11-4-3-6-18-34-41-31(38)39-26-15-12-23-19-22-10-8-16-32-24(22)13-14-25(36)30(32)40-29(26)28(23)32/h13,16,23,27-28,30,32,35,41,43H,4-12,14-15,17-22H2,1-3H3,(H,37,42);12,15,20,22,24-25,30,34,36H,3-11,13-14,16-19H2,1-2H3,(H,33,37). The van der Waals surface area contributed by atoms with Crippen LogP contribution in [0, 0.1) is 29.6 Å². The summed E-state index contributed by atoms with van der Waals surface area (Å²) in [7, 11) is 2.21. The number of likely N-dealkylation sites (tertiary alicyclic amines) is 1. The van der Waals surface area contributed by atoms with Crippen LogP contribution in [0.3, 0.4) is 0 Å². The molecule has 0 aromatic heterocycles. The molecular formula is C68H100N4O14. The number of aromatic hydroxyl groups is 1. The van der Waals surface area contributed by atoms with Gasteiger partial charge in [0.05, 0.1) is 12.2 Å². The molecule has 13 unspecified atom stereocenters. The highest BCUT2D eigenvalue weighted by atomic mass is 16.8. The Morgan fingerprint density at radius 3 is 1.97 bits per heavy atom. The van der Waals surface area contributed by atoms with E-state index in [1.165, 1.54) is 23.1 Å². The van der Waals surface area contributed by atoms with E-state index >= 15 is 0 Å². The van der Waals surface area contributed by atoms with Crippen molar-refractivity contribution in [3.8, 4) is 23.0 Å². The van der Waals surface area contributed by atoms with E-state index in [4.69, 9.17) is 23.8 Å². The van der Waals surface area contributed by atoms with Crippen molar-refractivity contribution in [3.05, 3.63) is 46.5 Å². The number of benzene rings is 2. The summed E-state index contributed by atoms with van der Waals surface area (Å²) in [6.07, 6.45) is 19.8. The number of ketones is 3. The first-order valence-corrected chi connectivity index (χ1v) is 33.2. The number of aliphatic hydroxyl groups is 2. The van der Waals surface area contributed by atoms with E-state index < -0.39 is 18.5 Å². The van der Waals surface area contributed by atoms with Gasteiger partial charge in [-0.1, -0.05) is 64.5 Å². The average molecular weight is 1200 g/mol. The number of piperidine rings is 1. The van der Waals surface area contributed by atoms with Crippen LogP contribution in [0.5, 0.6) is 23.0 Å². The highest BCUT2D eigenvalue weighted by Gasteiger charge is 2.67. The number of carbonyl (C=O) groups is 6. The van der Waals surface area contributed by atoms with Gasteiger partial charge in [0.15, 0.2) is 29.3 Å². The molecule has 3 heterocycles. The molecule has 18 heteroatoms. The second-order valence-corrected chi connectivity index (χ2v) is 26.8. The number of rotatable bonds is 32. The molecule has 0 radical (unpaired) electrons. The van der Waals surface area contributed by atoms with Crippen molar-refractivity contribution in [3.63, 3.8) is 0 Å². The quantitative estimate of drug-likeness (QED) is 0.0131. The van der Waals surface area contributed by atoms with Gasteiger partial charge < -0.3 is 54.6 Å². The van der Waals surface area contributed by atoms with Crippen molar-refractivity contribution in [2.75, 3.05) is 33.2 Å². The van der Waals surface area contributed by atoms with E-state index in [1.54, 1.807) is 26.0 Å². The number of ether oxygens (including phenoxy) is 4. The summed E-state index contributed by atoms with van der Waals surface area (Å²) >= 11 is 0. The summed E-state index contributed by atoms with van der Waals surface area (Å²) in [6.45, 7) is 9.85. The smallest absolute Gasteiger partial charge is 0.504 e. The molecule has 10 rings (SSSR count). The zero-order chi connectivity index (χ0) is 61.1. The number of nitrogens with zero attached hydrogens (tertiary/aromatic N) is 1. The minimum atomic E-state index is -1.03. The Labute approximate surface area is 509 Å². The van der Waals surface area contributed by atoms with Crippen LogP contribution in [-0.4, -0.2) is 126 Å². The summed E-state index contributed by atoms with van der Waals surface area (Å²) in [5.74, 6) is 4.19. The lowest BCUT2D eigenvalue weighted by Gasteiger charge is -2.59. The molecule has 18 nitrogen and oxygen atoms in total. The zero-order valence-corrected chi connectivity index (χ0v) is 52.1. The van der Waals surface area contributed by atoms with E-state index in [0.29, 0.717) is 79.9 Å². The van der Waals surface area contributed by atoms with Gasteiger partial charge >= 0.3 is 6.16 Å². The molecular weight excluding hydrogens is 1100 g/mol. The Bertz CT molecular complexity index is 2700. The molecule has 2 spiro atoms. The molecule has 2 aromatic rings. The first-order valence-electron chi connectivity index (χ1n) is 33.2. The fourth-order valence-corrected chi connectivity index (χ4v) is 16.5. The number of Topliss-reactive ketones (excluding diaryl/α,β-unsaturated/α-hetero) is 3. The summed E-state index contributed by atoms with van der Waals surface area (Å²) in [4.78, 5) is 79.2. The summed E-state index contributed by atoms with van der Waals surface area (Å²) in [5.41, 5.74) is 7.16. The van der Waals surface area contributed by atoms with Crippen LogP contribution in [0.15, 0.2) is 24.3 Å². The summed E-state index contributed by atoms with van der Waals surface area (Å²) in [5, 5.41) is 38.3. The van der Waals surface area contributed by atoms with E-state index in [9.17, 15) is 44.1 Å². The number of carbonyl (C=O) groups excluding carboxylic acids is 6. The number of hydrogen-bond donors (Lipinski definition) is 6. The number of hydroxylamine groups is 1. The van der Waals surface area contributed by atoms with Crippen molar-refractivity contribution < 1.29 is 67.9 Å². The Kier molecular flexibility index (Phi) is 22.7. The van der Waals surface area contributed by atoms with Gasteiger partial charge in [0.25, 0.3) is 0 Å². The third-order valence-corrected chi connectivity index (χ3v) is 21.3. The number of phenols is 1. The molecule has 86 heavy (non-hydrogen) atoms. The number of likely N-dealkylation sites (N-methyl/N-ethyl adjacent to an activating group) is 1. The lowest BCUT2D eigenvalue weighted by atomic mass is 9.48. The molecule has 1 saturated heterocycles. The van der Waals surface area contributed by atoms with Crippen molar-refractivity contribution in [1.29, 1.82) is 0 Å². The van der Waals surface area contributed by atoms with Crippen LogP contribution in [0.4, 0.5) is 4.79 Å². The first-order chi connectivity index (χ1) is 41.4. The van der Waals surface area contributed by atoms with Gasteiger partial charge in [-0.05, 0) is 178 Å². The van der Waals surface area contributed by atoms with Gasteiger partial charge in [0.1, 0.15) is 29.6 Å². The molecule has 4 bridgehead atoms. The van der Waals surface area contributed by atoms with Crippen LogP contribution >= 0.6 is 0 Å². The topological polar surface area (TPSA) is 249 Å². The summed E-state index contributed by atoms with van der Waals surface area (Å²) in [6, 6.07) is 8.09. The average Bonchev–Trinajstić information content (AvgIpc) is 1.48. The molecule has 476 valence electrons. The largest absolute Gasteiger partial charge is 0.533 e. The second-order valence-electron chi connectivity index (χ2n) is 26.8. The molecule has 2 amide bonds. The lowest BCUT2D eigenvalue weighted by molar-refractivity contribution is -0.196. The molecule has 6 N–H and O–H groups in total. The number of unbranched alkanes of at least 4 members (excludes halogenated alkanes) is 7. The van der Waals surface area contributed by atoms with Crippen molar-refractivity contribution in [2.45, 2.75) is 255 Å². The highest BCUT2D eigenvalue weighted by Crippen LogP contribution is 2.67. The number of phenolic OH excluding ortho intramolecular Hbond substituents is 1. The number of amides is 2. The van der Waals surface area contributed by atoms with Gasteiger partial charge in [-0.2, -0.15) is 0 Å². The van der Waals surface area contributed by atoms with Crippen LogP contribution in [-0.2, 0) is 57.2 Å². The minimum Gasteiger partial charge on any atom is -0.504 e. The Morgan fingerprint density at radius 2 is 1.27 bits per heavy atom. The molecule has 3 saturated carbocycles. The number of nitrogens with one attached hydrogen (secondary N) is 3. The lowest BCUT2D eigenvalue weighted by Crippen LogP contribution is -2.66. The molecule has 4 fully saturated rings. The van der Waals surface area contributed by atoms with Gasteiger partial charge in [-0.25, -0.2) is 4.79 Å². The third kappa shape index (κ3) is 14.8. The minimum absolute atomic E-state index is 0.0415. The first kappa shape index (κ1) is 65.3. The Morgan fingerprint density at radius 1 is 0.663 bits per heavy atom. The molecule has 2 aromatic carbocycles. The monoisotopic (exact) mass is 1200 g/mol. The van der Waals surface area contributed by atoms with E-state index in [1.807, 2.05) is 13.8 Å². The number of aliphatic hydroxyl groups excluding tert-OH is 2. The van der Waals surface area contributed by atoms with Gasteiger partial charge in [-0.3, -0.25) is 24.0 Å². The third-order valence-electron chi connectivity index (χ3n) is 21.3. The predicted molar refractivity (Wildman–Crippen MR) is 324 cm³/mol. The second kappa shape index (κ2) is 29.9. The molecule has 5 aliphatic carbocycles. The van der Waals surface area contributed by atoms with Crippen LogP contribution in [0.1, 0.15) is 217 Å². The van der Waals surface area contributed by atoms with Gasteiger partial charge in [-0.15, -0.1) is 5.48 Å². The van der Waals surface area contributed by atoms with Crippen molar-refractivity contribution >= 4 is 35.3 Å². The maximum atomic E-state index is 12.6. The van der Waals surface area contributed by atoms with Gasteiger partial charge in [0.2, 0.25) is 11.8 Å². The van der Waals surface area contributed by atoms with Crippen molar-refractivity contribution in [2.24, 2.45) is 29.6 Å². The van der Waals surface area contributed by atoms with Crippen LogP contribution < -0.4 is 30.3 Å². The normalized spacial score (nSPS) is 27.8. The summed E-state index contributed by atoms with van der Waals surface area (Å²) < 4.78 is 24.8. The maximum absolute atomic E-state index is 12.6. The van der Waals surface area contributed by atoms with Crippen LogP contribution in [0.25, 0.3) is 0 Å². The van der Waals surface area contributed by atoms with Crippen molar-refractivity contribution in [1.82, 2.24) is 21.0 Å². The van der Waals surface area contributed by atoms with E-state index in [0.717, 1.165) is 153 Å². The molecule has 8 aliphatic rings. The molecule has 3 aliphatic heterocycles. The highest BCUT2D eigenvalue weighted by molar-refractivity contribution is 5.79. The Hall–Kier alpha value is -5.14. The van der Waals surface area contributed by atoms with E-state index in [-0.39, 0.29) is 88.7 Å². The fraction of sp³-hybridized carbons (Fsp3) is 0.735. The van der Waals surface area contributed by atoms with Gasteiger partial charge in [0, 0.05) is 91.6 Å². The predicted octanol–water partition coefficient (Wildman–Crippen LogP) is 9.87. The fourth-order valence-electron chi connectivity index (χ4n) is 16.5.